The Balaban J connectivity index is 1.55. The molecule has 156 valence electrons. The second-order valence-corrected chi connectivity index (χ2v) is 10.2. The first-order chi connectivity index (χ1) is 13.5. The number of nitrogens with one attached hydrogen (secondary N) is 2. The van der Waals surface area contributed by atoms with Gasteiger partial charge in [-0.05, 0) is 30.7 Å². The van der Waals surface area contributed by atoms with Crippen LogP contribution in [0.15, 0.2) is 21.7 Å². The molecule has 1 aliphatic carbocycles. The lowest BCUT2D eigenvalue weighted by Crippen LogP contribution is -2.53. The molecule has 1 saturated carbocycles. The SMILES string of the molecule is O=C(NC[C@@H]1OCCCN1S(=O)(=O)c1cccs1)C(=O)NC1CCCCCC1. The summed E-state index contributed by atoms with van der Waals surface area (Å²) in [5.74, 6) is -1.43. The van der Waals surface area contributed by atoms with Crippen LogP contribution in [-0.4, -0.2) is 56.5 Å². The summed E-state index contributed by atoms with van der Waals surface area (Å²) in [7, 11) is -3.69. The standard InChI is InChI=1S/C18H27N3O5S2/c22-17(18(23)20-14-7-3-1-2-4-8-14)19-13-15-21(10-6-11-26-15)28(24,25)16-9-5-12-27-16/h5,9,12,14-15H,1-4,6-8,10-11,13H2,(H,19,22)(H,20,23)/t15-/m0/s1. The van der Waals surface area contributed by atoms with Crippen molar-refractivity contribution in [3.8, 4) is 0 Å². The molecule has 2 aliphatic rings. The second kappa shape index (κ2) is 9.82. The average Bonchev–Trinajstić information content (AvgIpc) is 3.13. The van der Waals surface area contributed by atoms with Crippen LogP contribution in [0.3, 0.4) is 0 Å². The number of nitrogens with zero attached hydrogens (tertiary/aromatic N) is 1. The number of carbonyl (C=O) groups is 2. The highest BCUT2D eigenvalue weighted by Gasteiger charge is 2.35. The van der Waals surface area contributed by atoms with Crippen molar-refractivity contribution < 1.29 is 22.7 Å². The van der Waals surface area contributed by atoms with Crippen LogP contribution >= 0.6 is 11.3 Å². The molecule has 0 spiro atoms. The zero-order chi connectivity index (χ0) is 20.0. The first kappa shape index (κ1) is 21.2. The molecule has 1 saturated heterocycles. The Morgan fingerprint density at radius 1 is 1.14 bits per heavy atom. The Labute approximate surface area is 169 Å². The van der Waals surface area contributed by atoms with Crippen LogP contribution in [0.5, 0.6) is 0 Å². The van der Waals surface area contributed by atoms with Crippen molar-refractivity contribution in [1.82, 2.24) is 14.9 Å². The molecule has 2 heterocycles. The number of thiophene rings is 1. The maximum atomic E-state index is 12.8. The third-order valence-corrected chi connectivity index (χ3v) is 8.31. The normalized spacial score (nSPS) is 22.4. The molecular weight excluding hydrogens is 402 g/mol. The van der Waals surface area contributed by atoms with Gasteiger partial charge in [-0.1, -0.05) is 31.7 Å². The molecule has 0 radical (unpaired) electrons. The van der Waals surface area contributed by atoms with Gasteiger partial charge in [0.25, 0.3) is 10.0 Å². The zero-order valence-corrected chi connectivity index (χ0v) is 17.4. The Hall–Kier alpha value is -1.49. The van der Waals surface area contributed by atoms with Crippen LogP contribution in [0.1, 0.15) is 44.9 Å². The van der Waals surface area contributed by atoms with E-state index in [2.05, 4.69) is 10.6 Å². The number of sulfonamides is 1. The molecule has 0 aromatic carbocycles. The van der Waals surface area contributed by atoms with Gasteiger partial charge in [-0.3, -0.25) is 9.59 Å². The highest BCUT2D eigenvalue weighted by atomic mass is 32.2. The number of hydrogen-bond donors (Lipinski definition) is 2. The maximum Gasteiger partial charge on any atom is 0.309 e. The summed E-state index contributed by atoms with van der Waals surface area (Å²) >= 11 is 1.14. The molecule has 0 unspecified atom stereocenters. The van der Waals surface area contributed by atoms with Gasteiger partial charge < -0.3 is 15.4 Å². The highest BCUT2D eigenvalue weighted by molar-refractivity contribution is 7.91. The van der Waals surface area contributed by atoms with E-state index in [1.165, 1.54) is 4.31 Å². The van der Waals surface area contributed by atoms with Gasteiger partial charge in [-0.15, -0.1) is 11.3 Å². The summed E-state index contributed by atoms with van der Waals surface area (Å²) < 4.78 is 32.7. The van der Waals surface area contributed by atoms with E-state index in [9.17, 15) is 18.0 Å². The van der Waals surface area contributed by atoms with Crippen LogP contribution in [0.2, 0.25) is 0 Å². The molecule has 2 fully saturated rings. The van der Waals surface area contributed by atoms with Crippen molar-refractivity contribution in [3.05, 3.63) is 17.5 Å². The van der Waals surface area contributed by atoms with Gasteiger partial charge in [0, 0.05) is 12.6 Å². The van der Waals surface area contributed by atoms with Gasteiger partial charge in [0.05, 0.1) is 13.2 Å². The van der Waals surface area contributed by atoms with E-state index in [0.29, 0.717) is 19.6 Å². The van der Waals surface area contributed by atoms with Gasteiger partial charge in [-0.25, -0.2) is 8.42 Å². The molecule has 0 bridgehead atoms. The first-order valence-corrected chi connectivity index (χ1v) is 12.1. The highest BCUT2D eigenvalue weighted by Crippen LogP contribution is 2.25. The lowest BCUT2D eigenvalue weighted by Gasteiger charge is -2.34. The minimum atomic E-state index is -3.69. The molecule has 2 amide bonds. The van der Waals surface area contributed by atoms with E-state index in [-0.39, 0.29) is 16.8 Å². The monoisotopic (exact) mass is 429 g/mol. The number of ether oxygens (including phenoxy) is 1. The van der Waals surface area contributed by atoms with Gasteiger partial charge in [0.15, 0.2) is 0 Å². The van der Waals surface area contributed by atoms with Gasteiger partial charge in [0.2, 0.25) is 0 Å². The lowest BCUT2D eigenvalue weighted by atomic mass is 10.1. The molecule has 2 N–H and O–H groups in total. The average molecular weight is 430 g/mol. The van der Waals surface area contributed by atoms with Crippen LogP contribution in [0.4, 0.5) is 0 Å². The Morgan fingerprint density at radius 2 is 1.89 bits per heavy atom. The third-order valence-electron chi connectivity index (χ3n) is 5.05. The van der Waals surface area contributed by atoms with Crippen LogP contribution in [-0.2, 0) is 24.3 Å². The number of rotatable bonds is 5. The largest absolute Gasteiger partial charge is 0.360 e. The van der Waals surface area contributed by atoms with Crippen LogP contribution in [0, 0.1) is 0 Å². The van der Waals surface area contributed by atoms with E-state index < -0.39 is 28.1 Å². The van der Waals surface area contributed by atoms with Crippen molar-refractivity contribution in [2.45, 2.75) is 61.4 Å². The van der Waals surface area contributed by atoms with Crippen molar-refractivity contribution >= 4 is 33.2 Å². The lowest BCUT2D eigenvalue weighted by molar-refractivity contribution is -0.140. The van der Waals surface area contributed by atoms with E-state index in [4.69, 9.17) is 4.74 Å². The van der Waals surface area contributed by atoms with Gasteiger partial charge in [-0.2, -0.15) is 4.31 Å². The quantitative estimate of drug-likeness (QED) is 0.544. The predicted molar refractivity (Wildman–Crippen MR) is 105 cm³/mol. The minimum absolute atomic E-state index is 0.0300. The summed E-state index contributed by atoms with van der Waals surface area (Å²) in [4.78, 5) is 24.4. The van der Waals surface area contributed by atoms with Crippen molar-refractivity contribution in [2.75, 3.05) is 19.7 Å². The molecule has 1 aromatic heterocycles. The second-order valence-electron chi connectivity index (χ2n) is 7.10. The fraction of sp³-hybridized carbons (Fsp3) is 0.667. The molecule has 1 aliphatic heterocycles. The topological polar surface area (TPSA) is 105 Å². The molecule has 10 heteroatoms. The Bertz CT molecular complexity index is 758. The molecule has 1 aromatic rings. The third kappa shape index (κ3) is 5.31. The molecule has 1 atom stereocenters. The molecule has 8 nitrogen and oxygen atoms in total. The van der Waals surface area contributed by atoms with E-state index in [0.717, 1.165) is 49.9 Å². The smallest absolute Gasteiger partial charge is 0.309 e. The van der Waals surface area contributed by atoms with Gasteiger partial charge >= 0.3 is 11.8 Å². The number of amides is 2. The van der Waals surface area contributed by atoms with E-state index in [1.807, 2.05) is 0 Å². The van der Waals surface area contributed by atoms with Crippen molar-refractivity contribution in [1.29, 1.82) is 0 Å². The van der Waals surface area contributed by atoms with Gasteiger partial charge in [0.1, 0.15) is 10.4 Å². The summed E-state index contributed by atoms with van der Waals surface area (Å²) in [5, 5.41) is 7.01. The maximum absolute atomic E-state index is 12.8. The fourth-order valence-corrected chi connectivity index (χ4v) is 6.25. The van der Waals surface area contributed by atoms with E-state index in [1.54, 1.807) is 17.5 Å². The number of hydrogen-bond acceptors (Lipinski definition) is 6. The predicted octanol–water partition coefficient (Wildman–Crippen LogP) is 1.44. The van der Waals surface area contributed by atoms with Crippen molar-refractivity contribution in [2.24, 2.45) is 0 Å². The fourth-order valence-electron chi connectivity index (χ4n) is 3.56. The summed E-state index contributed by atoms with van der Waals surface area (Å²) in [6, 6.07) is 3.25. The Morgan fingerprint density at radius 3 is 2.57 bits per heavy atom. The van der Waals surface area contributed by atoms with E-state index >= 15 is 0 Å². The molecule has 28 heavy (non-hydrogen) atoms. The number of carbonyl (C=O) groups excluding carboxylic acids is 2. The zero-order valence-electron chi connectivity index (χ0n) is 15.8. The summed E-state index contributed by atoms with van der Waals surface area (Å²) in [6.07, 6.45) is 5.95. The minimum Gasteiger partial charge on any atom is -0.360 e. The summed E-state index contributed by atoms with van der Waals surface area (Å²) in [5.41, 5.74) is 0. The van der Waals surface area contributed by atoms with Crippen LogP contribution in [0.25, 0.3) is 0 Å². The Kier molecular flexibility index (Phi) is 7.44. The summed E-state index contributed by atoms with van der Waals surface area (Å²) in [6.45, 7) is 0.655. The van der Waals surface area contributed by atoms with Crippen LogP contribution < -0.4 is 10.6 Å². The first-order valence-electron chi connectivity index (χ1n) is 9.74. The molecule has 3 rings (SSSR count). The van der Waals surface area contributed by atoms with Crippen molar-refractivity contribution in [3.63, 3.8) is 0 Å². The molecular formula is C18H27N3O5S2.